The van der Waals surface area contributed by atoms with Crippen molar-refractivity contribution < 1.29 is 9.90 Å². The standard InChI is InChI=1S/C11H21NO2/c1-4-10(11(13)14)12-6-8(2)5-9(3)7-12/h8-10H,4-7H2,1-3H3,(H,13,14)/t8-,9-,10+/m0/s1. The molecule has 3 nitrogen and oxygen atoms in total. The number of carboxylic acids is 1. The molecule has 14 heavy (non-hydrogen) atoms. The first-order valence-electron chi connectivity index (χ1n) is 5.51. The van der Waals surface area contributed by atoms with Crippen molar-refractivity contribution in [2.24, 2.45) is 11.8 Å². The van der Waals surface area contributed by atoms with Gasteiger partial charge in [0.15, 0.2) is 0 Å². The lowest BCUT2D eigenvalue weighted by Crippen LogP contribution is -2.48. The summed E-state index contributed by atoms with van der Waals surface area (Å²) in [5.74, 6) is 0.591. The Morgan fingerprint density at radius 2 is 1.93 bits per heavy atom. The average Bonchev–Trinajstić information content (AvgIpc) is 2.02. The minimum Gasteiger partial charge on any atom is -0.480 e. The zero-order valence-electron chi connectivity index (χ0n) is 9.36. The summed E-state index contributed by atoms with van der Waals surface area (Å²) >= 11 is 0. The second-order valence-electron chi connectivity index (χ2n) is 4.66. The van der Waals surface area contributed by atoms with Gasteiger partial charge in [0.1, 0.15) is 6.04 Å². The smallest absolute Gasteiger partial charge is 0.320 e. The first kappa shape index (κ1) is 11.5. The second kappa shape index (κ2) is 4.78. The van der Waals surface area contributed by atoms with Crippen LogP contribution in [0.15, 0.2) is 0 Å². The second-order valence-corrected chi connectivity index (χ2v) is 4.66. The normalized spacial score (nSPS) is 31.4. The number of carbonyl (C=O) groups is 1. The molecule has 1 heterocycles. The molecule has 82 valence electrons. The molecule has 0 spiro atoms. The molecule has 0 radical (unpaired) electrons. The summed E-state index contributed by atoms with van der Waals surface area (Å²) < 4.78 is 0. The number of hydrogen-bond donors (Lipinski definition) is 1. The monoisotopic (exact) mass is 199 g/mol. The Morgan fingerprint density at radius 3 is 2.29 bits per heavy atom. The number of hydrogen-bond acceptors (Lipinski definition) is 2. The summed E-state index contributed by atoms with van der Waals surface area (Å²) in [6.45, 7) is 8.24. The molecule has 0 aromatic rings. The predicted octanol–water partition coefficient (Wildman–Crippen LogP) is 1.83. The van der Waals surface area contributed by atoms with E-state index in [1.807, 2.05) is 6.92 Å². The van der Waals surface area contributed by atoms with Crippen LogP contribution in [0.25, 0.3) is 0 Å². The Bertz CT molecular complexity index is 195. The minimum absolute atomic E-state index is 0.278. The largest absolute Gasteiger partial charge is 0.480 e. The molecule has 0 bridgehead atoms. The van der Waals surface area contributed by atoms with Crippen molar-refractivity contribution in [3.63, 3.8) is 0 Å². The minimum atomic E-state index is -0.672. The molecule has 1 rings (SSSR count). The highest BCUT2D eigenvalue weighted by Crippen LogP contribution is 2.23. The molecule has 0 saturated carbocycles. The van der Waals surface area contributed by atoms with E-state index in [1.54, 1.807) is 0 Å². The molecule has 1 aliphatic heterocycles. The zero-order valence-corrected chi connectivity index (χ0v) is 9.36. The zero-order chi connectivity index (χ0) is 10.7. The summed E-state index contributed by atoms with van der Waals surface area (Å²) in [6, 6.07) is -0.278. The van der Waals surface area contributed by atoms with Gasteiger partial charge in [-0.2, -0.15) is 0 Å². The fourth-order valence-electron chi connectivity index (χ4n) is 2.55. The lowest BCUT2D eigenvalue weighted by molar-refractivity contribution is -0.144. The molecule has 1 aliphatic rings. The number of likely N-dealkylation sites (tertiary alicyclic amines) is 1. The van der Waals surface area contributed by atoms with E-state index in [0.29, 0.717) is 18.3 Å². The van der Waals surface area contributed by atoms with Crippen LogP contribution in [0.1, 0.15) is 33.6 Å². The molecule has 3 atom stereocenters. The predicted molar refractivity (Wildman–Crippen MR) is 56.2 cm³/mol. The van der Waals surface area contributed by atoms with E-state index < -0.39 is 5.97 Å². The van der Waals surface area contributed by atoms with Crippen LogP contribution < -0.4 is 0 Å². The molecule has 0 aliphatic carbocycles. The summed E-state index contributed by atoms with van der Waals surface area (Å²) in [5.41, 5.74) is 0. The van der Waals surface area contributed by atoms with Crippen LogP contribution in [-0.2, 0) is 4.79 Å². The number of nitrogens with zero attached hydrogens (tertiary/aromatic N) is 1. The Labute approximate surface area is 86.1 Å². The maximum Gasteiger partial charge on any atom is 0.320 e. The number of piperidine rings is 1. The van der Waals surface area contributed by atoms with Crippen molar-refractivity contribution >= 4 is 5.97 Å². The van der Waals surface area contributed by atoms with Gasteiger partial charge in [0.05, 0.1) is 0 Å². The third-order valence-corrected chi connectivity index (χ3v) is 3.01. The van der Waals surface area contributed by atoms with E-state index in [9.17, 15) is 4.79 Å². The number of rotatable bonds is 3. The van der Waals surface area contributed by atoms with E-state index in [4.69, 9.17) is 5.11 Å². The summed E-state index contributed by atoms with van der Waals surface area (Å²) in [5, 5.41) is 9.06. The van der Waals surface area contributed by atoms with E-state index in [2.05, 4.69) is 18.7 Å². The van der Waals surface area contributed by atoms with Gasteiger partial charge in [-0.25, -0.2) is 0 Å². The molecule has 1 N–H and O–H groups in total. The van der Waals surface area contributed by atoms with Gasteiger partial charge in [-0.15, -0.1) is 0 Å². The Balaban J connectivity index is 2.61. The fourth-order valence-corrected chi connectivity index (χ4v) is 2.55. The van der Waals surface area contributed by atoms with Crippen molar-refractivity contribution in [2.45, 2.75) is 39.7 Å². The summed E-state index contributed by atoms with van der Waals surface area (Å²) in [7, 11) is 0. The maximum absolute atomic E-state index is 11.0. The molecular formula is C11H21NO2. The molecule has 1 saturated heterocycles. The quantitative estimate of drug-likeness (QED) is 0.754. The van der Waals surface area contributed by atoms with Crippen molar-refractivity contribution in [3.8, 4) is 0 Å². The first-order chi connectivity index (χ1) is 6.54. The van der Waals surface area contributed by atoms with Gasteiger partial charge in [-0.3, -0.25) is 9.69 Å². The maximum atomic E-state index is 11.0. The van der Waals surface area contributed by atoms with Crippen LogP contribution in [0.4, 0.5) is 0 Å². The number of carboxylic acid groups (broad SMARTS) is 1. The molecule has 3 heteroatoms. The van der Waals surface area contributed by atoms with Crippen molar-refractivity contribution in [1.82, 2.24) is 4.90 Å². The Morgan fingerprint density at radius 1 is 1.43 bits per heavy atom. The topological polar surface area (TPSA) is 40.5 Å². The Hall–Kier alpha value is -0.570. The van der Waals surface area contributed by atoms with E-state index in [1.165, 1.54) is 6.42 Å². The first-order valence-corrected chi connectivity index (χ1v) is 5.51. The van der Waals surface area contributed by atoms with Crippen molar-refractivity contribution in [2.75, 3.05) is 13.1 Å². The molecule has 1 fully saturated rings. The number of aliphatic carboxylic acids is 1. The highest BCUT2D eigenvalue weighted by molar-refractivity contribution is 5.73. The Kier molecular flexibility index (Phi) is 3.93. The van der Waals surface area contributed by atoms with E-state index >= 15 is 0 Å². The van der Waals surface area contributed by atoms with E-state index in [0.717, 1.165) is 13.1 Å². The van der Waals surface area contributed by atoms with Crippen LogP contribution in [0, 0.1) is 11.8 Å². The fraction of sp³-hybridized carbons (Fsp3) is 0.909. The lowest BCUT2D eigenvalue weighted by Gasteiger charge is -2.38. The van der Waals surface area contributed by atoms with Gasteiger partial charge in [-0.05, 0) is 24.7 Å². The van der Waals surface area contributed by atoms with Gasteiger partial charge < -0.3 is 5.11 Å². The third-order valence-electron chi connectivity index (χ3n) is 3.01. The van der Waals surface area contributed by atoms with Crippen LogP contribution >= 0.6 is 0 Å². The highest BCUT2D eigenvalue weighted by atomic mass is 16.4. The molecule has 0 amide bonds. The SMILES string of the molecule is CC[C@H](C(=O)O)N1C[C@@H](C)C[C@H](C)C1. The van der Waals surface area contributed by atoms with Gasteiger partial charge in [-0.1, -0.05) is 20.8 Å². The highest BCUT2D eigenvalue weighted by Gasteiger charge is 2.30. The molecule has 0 aromatic carbocycles. The summed E-state index contributed by atoms with van der Waals surface area (Å²) in [4.78, 5) is 13.1. The average molecular weight is 199 g/mol. The van der Waals surface area contributed by atoms with Gasteiger partial charge >= 0.3 is 5.97 Å². The molecular weight excluding hydrogens is 178 g/mol. The lowest BCUT2D eigenvalue weighted by atomic mass is 9.90. The van der Waals surface area contributed by atoms with Gasteiger partial charge in [0.2, 0.25) is 0 Å². The van der Waals surface area contributed by atoms with Gasteiger partial charge in [0, 0.05) is 13.1 Å². The van der Waals surface area contributed by atoms with Crippen LogP contribution in [0.5, 0.6) is 0 Å². The van der Waals surface area contributed by atoms with Crippen LogP contribution in [-0.4, -0.2) is 35.1 Å². The van der Waals surface area contributed by atoms with Crippen LogP contribution in [0.2, 0.25) is 0 Å². The van der Waals surface area contributed by atoms with Gasteiger partial charge in [0.25, 0.3) is 0 Å². The third kappa shape index (κ3) is 2.71. The molecule has 0 aromatic heterocycles. The van der Waals surface area contributed by atoms with Crippen molar-refractivity contribution in [1.29, 1.82) is 0 Å². The van der Waals surface area contributed by atoms with E-state index in [-0.39, 0.29) is 6.04 Å². The summed E-state index contributed by atoms with van der Waals surface area (Å²) in [6.07, 6.45) is 1.93. The van der Waals surface area contributed by atoms with Crippen molar-refractivity contribution in [3.05, 3.63) is 0 Å². The molecule has 0 unspecified atom stereocenters. The van der Waals surface area contributed by atoms with Crippen LogP contribution in [0.3, 0.4) is 0 Å².